The molecule has 0 amide bonds. The molecule has 5 heteroatoms. The number of nitriles is 1. The summed E-state index contributed by atoms with van der Waals surface area (Å²) in [5.74, 6) is 0. The van der Waals surface area contributed by atoms with Gasteiger partial charge in [-0.25, -0.2) is 0 Å². The summed E-state index contributed by atoms with van der Waals surface area (Å²) >= 11 is 0. The molecule has 10 rings (SSSR count). The molecule has 4 nitrogen and oxygen atoms in total. The molecule has 2 aliphatic rings. The van der Waals surface area contributed by atoms with Crippen LogP contribution < -0.4 is 31.1 Å². The number of hydrogen-bond donors (Lipinski definition) is 0. The summed E-state index contributed by atoms with van der Waals surface area (Å²) in [6, 6.07) is 73.1. The first-order valence-electron chi connectivity index (χ1n) is 18.3. The lowest BCUT2D eigenvalue weighted by Crippen LogP contribution is -2.58. The molecule has 2 aliphatic heterocycles. The zero-order valence-corrected chi connectivity index (χ0v) is 29.4. The van der Waals surface area contributed by atoms with E-state index in [4.69, 9.17) is 0 Å². The molecule has 0 spiro atoms. The maximum atomic E-state index is 10.9. The Morgan fingerprint density at radius 2 is 0.722 bits per heavy atom. The van der Waals surface area contributed by atoms with Crippen LogP contribution in [0, 0.1) is 11.3 Å². The molecule has 0 aromatic heterocycles. The normalized spacial score (nSPS) is 12.6. The van der Waals surface area contributed by atoms with Crippen molar-refractivity contribution in [3.05, 3.63) is 206 Å². The lowest BCUT2D eigenvalue weighted by Gasteiger charge is -2.41. The largest absolute Gasteiger partial charge is 0.312 e. The summed E-state index contributed by atoms with van der Waals surface area (Å²) in [5.41, 5.74) is 15.9. The highest BCUT2D eigenvalue weighted by Crippen LogP contribution is 2.55. The van der Waals surface area contributed by atoms with Gasteiger partial charge in [-0.2, -0.15) is 5.26 Å². The molecule has 0 saturated heterocycles. The molecule has 8 aromatic rings. The first-order chi connectivity index (χ1) is 26.8. The average molecular weight is 689 g/mol. The van der Waals surface area contributed by atoms with Crippen molar-refractivity contribution in [3.8, 4) is 17.2 Å². The lowest BCUT2D eigenvalue weighted by molar-refractivity contribution is 1.17. The number of para-hydroxylation sites is 9. The second kappa shape index (κ2) is 13.0. The fourth-order valence-electron chi connectivity index (χ4n) is 8.50. The monoisotopic (exact) mass is 688 g/mol. The van der Waals surface area contributed by atoms with Crippen LogP contribution in [0.5, 0.6) is 0 Å². The third-order valence-electron chi connectivity index (χ3n) is 10.7. The van der Waals surface area contributed by atoms with Crippen molar-refractivity contribution < 1.29 is 0 Å². The molecular weight excluding hydrogens is 655 g/mol. The van der Waals surface area contributed by atoms with E-state index in [9.17, 15) is 5.26 Å². The van der Waals surface area contributed by atoms with E-state index in [1.165, 1.54) is 0 Å². The molecular formula is C49H33BN4. The molecule has 0 unspecified atom stereocenters. The first-order valence-corrected chi connectivity index (χ1v) is 18.3. The van der Waals surface area contributed by atoms with Gasteiger partial charge in [-0.15, -0.1) is 0 Å². The molecule has 252 valence electrons. The van der Waals surface area contributed by atoms with Gasteiger partial charge in [0.25, 0.3) is 0 Å². The fourth-order valence-corrected chi connectivity index (χ4v) is 8.50. The third kappa shape index (κ3) is 4.93. The van der Waals surface area contributed by atoms with Gasteiger partial charge in [0.15, 0.2) is 0 Å². The van der Waals surface area contributed by atoms with Crippen molar-refractivity contribution >= 4 is 74.3 Å². The predicted molar refractivity (Wildman–Crippen MR) is 225 cm³/mol. The number of anilines is 9. The van der Waals surface area contributed by atoms with Crippen molar-refractivity contribution in [2.24, 2.45) is 0 Å². The standard InChI is InChI=1S/C49H33BN4/c51-34-35-18-17-24-39(49(35)50-40-25-8-11-28-43(40)52(36-19-3-1-4-20-36)44-29-12-9-26-41(44)50)38-23-7-10-27-42(38)54-47-32-15-13-30-45(47)53(37-21-5-2-6-22-37)46-31-14-16-33-48(46)54/h1-33H. The van der Waals surface area contributed by atoms with E-state index >= 15 is 0 Å². The van der Waals surface area contributed by atoms with E-state index in [1.54, 1.807) is 0 Å². The first kappa shape index (κ1) is 31.5. The topological polar surface area (TPSA) is 33.5 Å². The van der Waals surface area contributed by atoms with Crippen LogP contribution in [0.25, 0.3) is 11.1 Å². The van der Waals surface area contributed by atoms with Crippen molar-refractivity contribution in [2.75, 3.05) is 14.7 Å². The van der Waals surface area contributed by atoms with E-state index in [0.29, 0.717) is 5.56 Å². The fraction of sp³-hybridized carbons (Fsp3) is 0. The number of nitrogens with zero attached hydrogens (tertiary/aromatic N) is 4. The maximum Gasteiger partial charge on any atom is 0.249 e. The van der Waals surface area contributed by atoms with Crippen molar-refractivity contribution in [2.45, 2.75) is 0 Å². The Kier molecular flexibility index (Phi) is 7.60. The van der Waals surface area contributed by atoms with Gasteiger partial charge in [0, 0.05) is 33.9 Å². The molecule has 8 aromatic carbocycles. The van der Waals surface area contributed by atoms with Crippen LogP contribution in [0.4, 0.5) is 51.2 Å². The van der Waals surface area contributed by atoms with Crippen LogP contribution in [0.1, 0.15) is 5.56 Å². The molecule has 2 heterocycles. The van der Waals surface area contributed by atoms with Gasteiger partial charge >= 0.3 is 0 Å². The van der Waals surface area contributed by atoms with Gasteiger partial charge in [-0.3, -0.25) is 0 Å². The smallest absolute Gasteiger partial charge is 0.249 e. The lowest BCUT2D eigenvalue weighted by atomic mass is 9.33. The van der Waals surface area contributed by atoms with E-state index < -0.39 is 0 Å². The highest BCUT2D eigenvalue weighted by Gasteiger charge is 2.38. The van der Waals surface area contributed by atoms with E-state index in [1.807, 2.05) is 12.1 Å². The molecule has 0 N–H and O–H groups in total. The van der Waals surface area contributed by atoms with Crippen molar-refractivity contribution in [1.29, 1.82) is 5.26 Å². The molecule has 54 heavy (non-hydrogen) atoms. The molecule has 0 bridgehead atoms. The zero-order chi connectivity index (χ0) is 36.0. The van der Waals surface area contributed by atoms with Gasteiger partial charge in [0.1, 0.15) is 0 Å². The van der Waals surface area contributed by atoms with Crippen molar-refractivity contribution in [1.82, 2.24) is 0 Å². The Balaban J connectivity index is 1.21. The summed E-state index contributed by atoms with van der Waals surface area (Å²) in [6.45, 7) is -0.189. The second-order valence-corrected chi connectivity index (χ2v) is 13.6. The third-order valence-corrected chi connectivity index (χ3v) is 10.7. The van der Waals surface area contributed by atoms with E-state index in [0.717, 1.165) is 78.7 Å². The van der Waals surface area contributed by atoms with Gasteiger partial charge < -0.3 is 14.7 Å². The minimum absolute atomic E-state index is 0.189. The number of fused-ring (bicyclic) bond motifs is 4. The van der Waals surface area contributed by atoms with Crippen LogP contribution in [0.2, 0.25) is 0 Å². The highest BCUT2D eigenvalue weighted by atomic mass is 15.3. The van der Waals surface area contributed by atoms with Crippen molar-refractivity contribution in [3.63, 3.8) is 0 Å². The summed E-state index contributed by atoms with van der Waals surface area (Å²) < 4.78 is 0. The summed E-state index contributed by atoms with van der Waals surface area (Å²) in [7, 11) is 0. The molecule has 0 aliphatic carbocycles. The van der Waals surface area contributed by atoms with E-state index in [2.05, 4.69) is 209 Å². The zero-order valence-electron chi connectivity index (χ0n) is 29.4. The maximum absolute atomic E-state index is 10.9. The molecule has 0 atom stereocenters. The average Bonchev–Trinajstić information content (AvgIpc) is 3.25. The van der Waals surface area contributed by atoms with Crippen LogP contribution in [0.15, 0.2) is 200 Å². The summed E-state index contributed by atoms with van der Waals surface area (Å²) in [6.07, 6.45) is 0. The predicted octanol–water partition coefficient (Wildman–Crippen LogP) is 10.8. The number of benzene rings is 8. The van der Waals surface area contributed by atoms with Gasteiger partial charge in [-0.1, -0.05) is 127 Å². The van der Waals surface area contributed by atoms with Crippen LogP contribution in [-0.4, -0.2) is 6.71 Å². The second-order valence-electron chi connectivity index (χ2n) is 13.6. The SMILES string of the molecule is N#Cc1cccc(-c2ccccc2N2c3ccccc3N(c3ccccc3)c3ccccc32)c1B1c2ccccc2N(c2ccccc2)c2ccccc21. The van der Waals surface area contributed by atoms with Crippen LogP contribution >= 0.6 is 0 Å². The van der Waals surface area contributed by atoms with Crippen LogP contribution in [0.3, 0.4) is 0 Å². The minimum Gasteiger partial charge on any atom is -0.312 e. The highest BCUT2D eigenvalue weighted by molar-refractivity contribution is 6.99. The Labute approximate surface area is 316 Å². The quantitative estimate of drug-likeness (QED) is 0.169. The Morgan fingerprint density at radius 1 is 0.333 bits per heavy atom. The molecule has 0 saturated carbocycles. The summed E-state index contributed by atoms with van der Waals surface area (Å²) in [4.78, 5) is 7.09. The molecule has 0 radical (unpaired) electrons. The Morgan fingerprint density at radius 3 is 1.24 bits per heavy atom. The van der Waals surface area contributed by atoms with E-state index in [-0.39, 0.29) is 6.71 Å². The van der Waals surface area contributed by atoms with Gasteiger partial charge in [-0.05, 0) is 94.7 Å². The number of rotatable bonds is 5. The van der Waals surface area contributed by atoms with Gasteiger partial charge in [0.05, 0.1) is 34.5 Å². The molecule has 0 fully saturated rings. The van der Waals surface area contributed by atoms with Crippen LogP contribution in [-0.2, 0) is 0 Å². The minimum atomic E-state index is -0.189. The number of hydrogen-bond acceptors (Lipinski definition) is 4. The van der Waals surface area contributed by atoms with Gasteiger partial charge in [0.2, 0.25) is 6.71 Å². The Bertz CT molecular complexity index is 2630. The Hall–Kier alpha value is -7.29. The summed E-state index contributed by atoms with van der Waals surface area (Å²) in [5, 5.41) is 10.9.